The Morgan fingerprint density at radius 2 is 1.73 bits per heavy atom. The van der Waals surface area contributed by atoms with Crippen molar-refractivity contribution in [3.05, 3.63) is 110 Å². The minimum absolute atomic E-state index is 0.0313. The number of aliphatic hydroxyl groups excluding tert-OH is 2. The summed E-state index contributed by atoms with van der Waals surface area (Å²) in [6.07, 6.45) is 28.3. The standard InChI is InChI=1S/C74H80N2O12/c1-84-64-47-15-14-43-28-41-9-5-12-45(41)58-57(43)59(47)61-63(80)60(58)54(78)34-76-33-51-40(8-4-13-46(51)67(76)81)10-7-27-85-66-62(79)56-35-86-55(17-16-48(64)65(61)88-68(87-56)74(66,83)39-77)50-32-75-53-29-42-18-22-72(52(42)30-49(50)53)38-73(82)21-6-11-44(73)31-71(72)26-25-70(37-71)24-23-69(36-70)19-2-3-20-69/h4,8,13,16-17,28-30,32,41,44-45,55-56,62,66,68,75,77,79-80,82-83H,2-3,5-6,9-12,14-15,18-26,31,33-39H2,1H3/b17-16+/t41-,44-,45-,55+,56+,62+,66-,68+,70+,71-,72-,73-,74+/m0/s1. The molecule has 9 aliphatic carbocycles. The smallest absolute Gasteiger partial charge is 0.254 e. The van der Waals surface area contributed by atoms with E-state index in [2.05, 4.69) is 35.2 Å². The van der Waals surface area contributed by atoms with Crippen molar-refractivity contribution in [1.29, 1.82) is 0 Å². The quantitative estimate of drug-likeness (QED) is 0.0936. The van der Waals surface area contributed by atoms with Crippen LogP contribution in [0.1, 0.15) is 211 Å². The lowest BCUT2D eigenvalue weighted by Crippen LogP contribution is -2.70. The Hall–Kier alpha value is -6.18. The van der Waals surface area contributed by atoms with Crippen molar-refractivity contribution in [1.82, 2.24) is 9.88 Å². The highest BCUT2D eigenvalue weighted by atomic mass is 16.7. The van der Waals surface area contributed by atoms with Crippen molar-refractivity contribution in [2.75, 3.05) is 26.9 Å². The van der Waals surface area contributed by atoms with E-state index in [4.69, 9.17) is 23.7 Å². The number of methoxy groups -OCH3 is 1. The molecule has 4 aliphatic heterocycles. The number of phenols is 1. The van der Waals surface area contributed by atoms with E-state index in [1.165, 1.54) is 75.3 Å². The van der Waals surface area contributed by atoms with Crippen LogP contribution in [0.3, 0.4) is 0 Å². The normalized spacial score (nSPS) is 37.3. The summed E-state index contributed by atoms with van der Waals surface area (Å²) < 4.78 is 33.9. The first kappa shape index (κ1) is 54.7. The van der Waals surface area contributed by atoms with Crippen molar-refractivity contribution in [3.8, 4) is 29.3 Å². The molecule has 14 heteroatoms. The Kier molecular flexibility index (Phi) is 11.9. The molecule has 7 fully saturated rings. The Bertz CT molecular complexity index is 4010. The number of fused-ring (bicyclic) bond motifs is 12. The average Bonchev–Trinajstić information content (AvgIpc) is 1.40. The third-order valence-electron chi connectivity index (χ3n) is 26.1. The number of amides is 1. The molecule has 1 saturated heterocycles. The summed E-state index contributed by atoms with van der Waals surface area (Å²) in [5.74, 6) is 3.00. The van der Waals surface area contributed by atoms with Crippen molar-refractivity contribution >= 4 is 45.0 Å². The van der Waals surface area contributed by atoms with Crippen LogP contribution in [0.5, 0.6) is 17.2 Å². The Labute approximate surface area is 513 Å². The number of nitrogens with one attached hydrogen (secondary N) is 1. The minimum Gasteiger partial charge on any atom is -0.506 e. The second-order valence-electron chi connectivity index (χ2n) is 30.1. The van der Waals surface area contributed by atoms with E-state index in [9.17, 15) is 30.3 Å². The molecule has 6 saturated carbocycles. The van der Waals surface area contributed by atoms with E-state index in [1.807, 2.05) is 24.4 Å². The first-order valence-corrected chi connectivity index (χ1v) is 33.4. The molecule has 4 spiro atoms. The van der Waals surface area contributed by atoms with Crippen molar-refractivity contribution < 1.29 is 58.8 Å². The lowest BCUT2D eigenvalue weighted by atomic mass is 9.47. The second kappa shape index (κ2) is 19.2. The summed E-state index contributed by atoms with van der Waals surface area (Å²) in [6.45, 7) is -1.34. The number of aromatic amines is 1. The van der Waals surface area contributed by atoms with Crippen LogP contribution in [0, 0.1) is 40.1 Å². The minimum atomic E-state index is -2.48. The Balaban J connectivity index is 0.830. The van der Waals surface area contributed by atoms with E-state index in [0.29, 0.717) is 51.9 Å². The SMILES string of the molecule is COc1c2c3c4c(O)c(c5c6c4c1CCC6=C[C@@H]1CCC[C@H]51)C(=O)CN1Cc4c(cccc4C1=O)CC#CO[C@H]1[C@H](O)[C@@H](CO[C@@H](c4c[nH]c5cc6c(cc45)[C@]4(CC6)C[C@@]5(O)CCC[C@H]5C[C@]45CC[C@@]4(CCC6(CCCC6)C4)C5)/C=C/2)O[C@H](O3)[C@@]1(O)CO. The molecule has 5 heterocycles. The van der Waals surface area contributed by atoms with Gasteiger partial charge in [0.25, 0.3) is 5.91 Å². The molecular weight excluding hydrogens is 1110 g/mol. The highest BCUT2D eigenvalue weighted by molar-refractivity contribution is 6.17. The van der Waals surface area contributed by atoms with Gasteiger partial charge in [0.1, 0.15) is 41.7 Å². The number of hydrogen-bond acceptors (Lipinski definition) is 12. The van der Waals surface area contributed by atoms with Gasteiger partial charge in [0.15, 0.2) is 17.5 Å². The molecule has 14 nitrogen and oxygen atoms in total. The monoisotopic (exact) mass is 1190 g/mol. The van der Waals surface area contributed by atoms with E-state index in [1.54, 1.807) is 24.1 Å². The first-order valence-electron chi connectivity index (χ1n) is 33.4. The summed E-state index contributed by atoms with van der Waals surface area (Å²) in [7, 11) is 1.62. The lowest BCUT2D eigenvalue weighted by molar-refractivity contribution is -0.328. The second-order valence-corrected chi connectivity index (χ2v) is 30.1. The van der Waals surface area contributed by atoms with Gasteiger partial charge in [0, 0.05) is 57.6 Å². The number of aliphatic hydroxyl groups is 4. The molecule has 4 aromatic carbocycles. The number of benzene rings is 4. The predicted molar refractivity (Wildman–Crippen MR) is 329 cm³/mol. The van der Waals surface area contributed by atoms with Gasteiger partial charge in [0.2, 0.25) is 6.29 Å². The van der Waals surface area contributed by atoms with E-state index in [-0.39, 0.29) is 77.1 Å². The number of rotatable bonds is 3. The number of H-pyrrole nitrogens is 1. The number of aromatic hydroxyl groups is 1. The number of ether oxygens (including phenoxy) is 5. The zero-order chi connectivity index (χ0) is 59.4. The van der Waals surface area contributed by atoms with Gasteiger partial charge in [-0.15, -0.1) is 0 Å². The van der Waals surface area contributed by atoms with E-state index >= 15 is 4.79 Å². The van der Waals surface area contributed by atoms with Gasteiger partial charge in [-0.1, -0.05) is 55.9 Å². The van der Waals surface area contributed by atoms with Crippen LogP contribution in [0.4, 0.5) is 0 Å². The number of hydrogen-bond donors (Lipinski definition) is 6. The van der Waals surface area contributed by atoms with Gasteiger partial charge in [-0.3, -0.25) is 9.59 Å². The fourth-order valence-electron chi connectivity index (χ4n) is 22.2. The number of phenolic OH excluding ortho intramolecular Hbond substituents is 1. The van der Waals surface area contributed by atoms with Crippen LogP contribution in [-0.4, -0.2) is 110 Å². The van der Waals surface area contributed by atoms with E-state index in [0.717, 1.165) is 114 Å². The third kappa shape index (κ3) is 7.46. The van der Waals surface area contributed by atoms with Gasteiger partial charge < -0.3 is 59.1 Å². The maximum absolute atomic E-state index is 15.7. The number of aromatic nitrogens is 1. The van der Waals surface area contributed by atoms with Gasteiger partial charge in [-0.05, 0) is 213 Å². The molecule has 8 bridgehead atoms. The molecule has 5 aromatic rings. The van der Waals surface area contributed by atoms with Crippen LogP contribution in [0.2, 0.25) is 0 Å². The van der Waals surface area contributed by atoms with Gasteiger partial charge in [-0.25, -0.2) is 0 Å². The van der Waals surface area contributed by atoms with Crippen molar-refractivity contribution in [2.24, 2.45) is 28.1 Å². The molecule has 0 unspecified atom stereocenters. The highest BCUT2D eigenvalue weighted by Crippen LogP contribution is 2.76. The Morgan fingerprint density at radius 1 is 0.864 bits per heavy atom. The maximum atomic E-state index is 15.7. The zero-order valence-electron chi connectivity index (χ0n) is 50.4. The van der Waals surface area contributed by atoms with Crippen LogP contribution in [-0.2, 0) is 45.4 Å². The van der Waals surface area contributed by atoms with Crippen molar-refractivity contribution in [3.63, 3.8) is 0 Å². The molecule has 88 heavy (non-hydrogen) atoms. The number of allylic oxidation sites excluding steroid dienone is 2. The number of Topliss-reactive ketones (excluding diaryl/α,β-unsaturated/α-hetero) is 1. The molecule has 13 atom stereocenters. The number of ketones is 1. The molecule has 1 amide bonds. The highest BCUT2D eigenvalue weighted by Gasteiger charge is 2.69. The van der Waals surface area contributed by atoms with Gasteiger partial charge in [-0.2, -0.15) is 0 Å². The summed E-state index contributed by atoms with van der Waals surface area (Å²) in [5, 5.41) is 65.4. The topological polar surface area (TPSA) is 200 Å². The summed E-state index contributed by atoms with van der Waals surface area (Å²) >= 11 is 0. The van der Waals surface area contributed by atoms with Gasteiger partial charge >= 0.3 is 0 Å². The predicted octanol–water partition coefficient (Wildman–Crippen LogP) is 11.4. The number of carbonyl (C=O) groups excluding carboxylic acids is 2. The molecule has 1 aromatic heterocycles. The van der Waals surface area contributed by atoms with Crippen LogP contribution in [0.25, 0.3) is 33.3 Å². The molecule has 458 valence electrons. The van der Waals surface area contributed by atoms with Crippen molar-refractivity contribution in [2.45, 2.75) is 207 Å². The number of nitrogens with zero attached hydrogens (tertiary/aromatic N) is 1. The number of carbonyl (C=O) groups is 2. The molecule has 0 radical (unpaired) electrons. The molecule has 18 rings (SSSR count). The maximum Gasteiger partial charge on any atom is 0.254 e. The Morgan fingerprint density at radius 3 is 2.59 bits per heavy atom. The van der Waals surface area contributed by atoms with Gasteiger partial charge in [0.05, 0.1) is 49.0 Å². The fraction of sp³-hybridized carbons (Fsp3) is 0.568. The fourth-order valence-corrected chi connectivity index (χ4v) is 22.2. The van der Waals surface area contributed by atoms with Crippen LogP contribution >= 0.6 is 0 Å². The van der Waals surface area contributed by atoms with Crippen LogP contribution < -0.4 is 9.47 Å². The number of aryl methyl sites for hydroxylation is 2. The third-order valence-corrected chi connectivity index (χ3v) is 26.1. The molecule has 6 N–H and O–H groups in total. The lowest BCUT2D eigenvalue weighted by Gasteiger charge is -2.58. The summed E-state index contributed by atoms with van der Waals surface area (Å²) in [6, 6.07) is 10.3. The van der Waals surface area contributed by atoms with E-state index < -0.39 is 54.3 Å². The average molecular weight is 1190 g/mol. The molecule has 13 aliphatic rings. The molecular formula is C74H80N2O12. The zero-order valence-corrected chi connectivity index (χ0v) is 50.4. The summed E-state index contributed by atoms with van der Waals surface area (Å²) in [4.78, 5) is 35.3. The summed E-state index contributed by atoms with van der Waals surface area (Å²) in [5.41, 5.74) is 8.26. The first-order chi connectivity index (χ1) is 42.7. The largest absolute Gasteiger partial charge is 0.506 e. The van der Waals surface area contributed by atoms with Crippen LogP contribution in [0.15, 0.2) is 48.7 Å².